The molecular formula is C3HClO3. The van der Waals surface area contributed by atoms with Crippen molar-refractivity contribution in [2.45, 2.75) is 0 Å². The maximum Gasteiger partial charge on any atom is 0.295 e. The van der Waals surface area contributed by atoms with Crippen LogP contribution in [0.5, 0.6) is 0 Å². The number of hydrogen-bond donors (Lipinski definition) is 0. The summed E-state index contributed by atoms with van der Waals surface area (Å²) in [7, 11) is 0. The Labute approximate surface area is 44.3 Å². The van der Waals surface area contributed by atoms with Crippen LogP contribution >= 0.6 is 11.6 Å². The molecule has 3 nitrogen and oxygen atoms in total. The fourth-order valence-corrected chi connectivity index (χ4v) is 0.0909. The second-order valence-corrected chi connectivity index (χ2v) is 1.10. The Morgan fingerprint density at radius 1 is 1.43 bits per heavy atom. The molecule has 0 aliphatic rings. The highest BCUT2D eigenvalue weighted by molar-refractivity contribution is 6.87. The summed E-state index contributed by atoms with van der Waals surface area (Å²) >= 11 is 4.51. The lowest BCUT2D eigenvalue weighted by atomic mass is 10.5. The Morgan fingerprint density at radius 3 is 1.86 bits per heavy atom. The highest BCUT2D eigenvalue weighted by atomic mass is 35.5. The van der Waals surface area contributed by atoms with Crippen LogP contribution in [0.2, 0.25) is 0 Å². The van der Waals surface area contributed by atoms with Gasteiger partial charge in [-0.05, 0) is 11.6 Å². The van der Waals surface area contributed by atoms with E-state index >= 15 is 0 Å². The molecule has 0 aromatic heterocycles. The van der Waals surface area contributed by atoms with E-state index in [1.165, 1.54) is 0 Å². The minimum Gasteiger partial charge on any atom is -0.294 e. The lowest BCUT2D eigenvalue weighted by Gasteiger charge is -1.69. The van der Waals surface area contributed by atoms with E-state index < -0.39 is 11.0 Å². The zero-order valence-corrected chi connectivity index (χ0v) is 3.94. The maximum absolute atomic E-state index is 9.66. The van der Waals surface area contributed by atoms with Crippen LogP contribution in [0.25, 0.3) is 0 Å². The van der Waals surface area contributed by atoms with Gasteiger partial charge in [-0.3, -0.25) is 14.4 Å². The summed E-state index contributed by atoms with van der Waals surface area (Å²) in [5.41, 5.74) is 0. The molecule has 0 amide bonds. The summed E-state index contributed by atoms with van der Waals surface area (Å²) in [6.07, 6.45) is -0.130. The largest absolute Gasteiger partial charge is 0.295 e. The molecule has 0 saturated carbocycles. The predicted octanol–water partition coefficient (Wildman–Crippen LogP) is -0.480. The molecule has 0 spiro atoms. The van der Waals surface area contributed by atoms with Crippen molar-refractivity contribution < 1.29 is 14.4 Å². The lowest BCUT2D eigenvalue weighted by Crippen LogP contribution is -2.06. The zero-order chi connectivity index (χ0) is 5.86. The molecule has 4 heteroatoms. The van der Waals surface area contributed by atoms with Crippen LogP contribution < -0.4 is 0 Å². The first-order chi connectivity index (χ1) is 3.18. The van der Waals surface area contributed by atoms with Gasteiger partial charge in [-0.1, -0.05) is 0 Å². The highest BCUT2D eigenvalue weighted by Crippen LogP contribution is 1.76. The minimum absolute atomic E-state index is 0.130. The first kappa shape index (κ1) is 6.30. The zero-order valence-electron chi connectivity index (χ0n) is 3.18. The molecule has 0 aliphatic heterocycles. The summed E-state index contributed by atoms with van der Waals surface area (Å²) < 4.78 is 0. The van der Waals surface area contributed by atoms with Gasteiger partial charge < -0.3 is 0 Å². The van der Waals surface area contributed by atoms with E-state index in [-0.39, 0.29) is 6.29 Å². The van der Waals surface area contributed by atoms with E-state index in [0.717, 1.165) is 0 Å². The van der Waals surface area contributed by atoms with Crippen LogP contribution in [0.3, 0.4) is 0 Å². The van der Waals surface area contributed by atoms with Crippen molar-refractivity contribution in [1.29, 1.82) is 0 Å². The lowest BCUT2D eigenvalue weighted by molar-refractivity contribution is -0.136. The van der Waals surface area contributed by atoms with Crippen LogP contribution in [-0.2, 0) is 14.4 Å². The third kappa shape index (κ3) is 2.05. The molecule has 0 aromatic carbocycles. The number of ketones is 1. The minimum atomic E-state index is -1.24. The third-order valence-corrected chi connectivity index (χ3v) is 0.487. The summed E-state index contributed by atoms with van der Waals surface area (Å²) in [5.74, 6) is -1.21. The first-order valence-electron chi connectivity index (χ1n) is 1.37. The van der Waals surface area contributed by atoms with E-state index in [1.54, 1.807) is 0 Å². The molecule has 0 bridgehead atoms. The van der Waals surface area contributed by atoms with E-state index in [1.807, 2.05) is 0 Å². The van der Waals surface area contributed by atoms with Crippen molar-refractivity contribution in [1.82, 2.24) is 0 Å². The van der Waals surface area contributed by atoms with Gasteiger partial charge in [0, 0.05) is 0 Å². The molecule has 0 radical (unpaired) electrons. The average molecular weight is 120 g/mol. The molecule has 0 aromatic rings. The van der Waals surface area contributed by atoms with Crippen LogP contribution in [0.15, 0.2) is 0 Å². The Kier molecular flexibility index (Phi) is 2.22. The van der Waals surface area contributed by atoms with Crippen molar-refractivity contribution in [3.05, 3.63) is 0 Å². The molecule has 0 saturated heterocycles. The van der Waals surface area contributed by atoms with E-state index in [0.29, 0.717) is 0 Å². The molecule has 0 rings (SSSR count). The molecule has 0 atom stereocenters. The van der Waals surface area contributed by atoms with Gasteiger partial charge in [0.2, 0.25) is 0 Å². The molecule has 0 heterocycles. The van der Waals surface area contributed by atoms with Gasteiger partial charge >= 0.3 is 0 Å². The van der Waals surface area contributed by atoms with Crippen molar-refractivity contribution in [3.63, 3.8) is 0 Å². The maximum atomic E-state index is 9.66. The van der Waals surface area contributed by atoms with E-state index in [4.69, 9.17) is 0 Å². The number of hydrogen-bond acceptors (Lipinski definition) is 3. The number of rotatable bonds is 2. The highest BCUT2D eigenvalue weighted by Gasteiger charge is 2.05. The van der Waals surface area contributed by atoms with Gasteiger partial charge in [0.05, 0.1) is 0 Å². The molecular weight excluding hydrogens is 119 g/mol. The van der Waals surface area contributed by atoms with E-state index in [2.05, 4.69) is 11.6 Å². The molecule has 0 fully saturated rings. The number of Topliss-reactive ketones (excluding diaryl/α,β-unsaturated/α-hetero) is 1. The van der Waals surface area contributed by atoms with Gasteiger partial charge in [0.1, 0.15) is 0 Å². The van der Waals surface area contributed by atoms with Crippen molar-refractivity contribution in [3.8, 4) is 0 Å². The molecule has 7 heavy (non-hydrogen) atoms. The van der Waals surface area contributed by atoms with Crippen molar-refractivity contribution in [2.24, 2.45) is 0 Å². The average Bonchev–Trinajstić information content (AvgIpc) is 1.65. The van der Waals surface area contributed by atoms with Gasteiger partial charge in [0.15, 0.2) is 6.29 Å². The Morgan fingerprint density at radius 2 is 1.86 bits per heavy atom. The van der Waals surface area contributed by atoms with Gasteiger partial charge in [0.25, 0.3) is 11.0 Å². The van der Waals surface area contributed by atoms with Gasteiger partial charge in [-0.25, -0.2) is 0 Å². The topological polar surface area (TPSA) is 51.2 Å². The van der Waals surface area contributed by atoms with Crippen LogP contribution in [0.4, 0.5) is 0 Å². The molecule has 0 unspecified atom stereocenters. The van der Waals surface area contributed by atoms with Gasteiger partial charge in [-0.15, -0.1) is 0 Å². The van der Waals surface area contributed by atoms with Crippen LogP contribution in [-0.4, -0.2) is 17.3 Å². The second-order valence-electron chi connectivity index (χ2n) is 0.756. The normalized spacial score (nSPS) is 7.57. The van der Waals surface area contributed by atoms with Gasteiger partial charge in [-0.2, -0.15) is 0 Å². The monoisotopic (exact) mass is 120 g/mol. The molecule has 38 valence electrons. The SMILES string of the molecule is O=CC(=O)C(=O)Cl. The molecule has 0 N–H and O–H groups in total. The summed E-state index contributed by atoms with van der Waals surface area (Å²) in [4.78, 5) is 28.5. The number of halogens is 1. The van der Waals surface area contributed by atoms with E-state index in [9.17, 15) is 14.4 Å². The van der Waals surface area contributed by atoms with Crippen molar-refractivity contribution >= 4 is 28.9 Å². The quantitative estimate of drug-likeness (QED) is 0.214. The standard InChI is InChI=1S/C3HClO3/c4-3(7)2(6)1-5/h1H. The fourth-order valence-electron chi connectivity index (χ4n) is 0.0463. The molecule has 0 aliphatic carbocycles. The smallest absolute Gasteiger partial charge is 0.294 e. The Bertz CT molecular complexity index is 117. The van der Waals surface area contributed by atoms with Crippen molar-refractivity contribution in [2.75, 3.05) is 0 Å². The fraction of sp³-hybridized carbons (Fsp3) is 0. The summed E-state index contributed by atoms with van der Waals surface area (Å²) in [6, 6.07) is 0. The number of carbonyl (C=O) groups excluding carboxylic acids is 3. The number of aldehydes is 1. The Hall–Kier alpha value is -0.700. The third-order valence-electron chi connectivity index (χ3n) is 0.301. The Balaban J connectivity index is 3.81. The number of carbonyl (C=O) groups is 3. The predicted molar refractivity (Wildman–Crippen MR) is 21.9 cm³/mol. The first-order valence-corrected chi connectivity index (χ1v) is 1.75. The van der Waals surface area contributed by atoms with Crippen LogP contribution in [0.1, 0.15) is 0 Å². The van der Waals surface area contributed by atoms with Crippen LogP contribution in [0, 0.1) is 0 Å². The second kappa shape index (κ2) is 2.47. The summed E-state index contributed by atoms with van der Waals surface area (Å²) in [5, 5.41) is -1.24. The summed E-state index contributed by atoms with van der Waals surface area (Å²) in [6.45, 7) is 0.